The zero-order chi connectivity index (χ0) is 23.5. The number of nitrogens with zero attached hydrogens (tertiary/aromatic N) is 2. The molecule has 0 radical (unpaired) electrons. The van der Waals surface area contributed by atoms with Gasteiger partial charge in [0, 0.05) is 23.5 Å². The van der Waals surface area contributed by atoms with E-state index in [0.29, 0.717) is 21.9 Å². The van der Waals surface area contributed by atoms with Gasteiger partial charge in [0.15, 0.2) is 6.29 Å². The predicted octanol–water partition coefficient (Wildman–Crippen LogP) is 3.62. The van der Waals surface area contributed by atoms with Gasteiger partial charge in [0.2, 0.25) is 0 Å². The summed E-state index contributed by atoms with van der Waals surface area (Å²) < 4.78 is 25.9. The van der Waals surface area contributed by atoms with Gasteiger partial charge in [-0.3, -0.25) is 4.79 Å². The molecule has 1 unspecified atom stereocenters. The number of rotatable bonds is 5. The van der Waals surface area contributed by atoms with Crippen molar-refractivity contribution in [2.24, 2.45) is 0 Å². The molecule has 34 heavy (non-hydrogen) atoms. The van der Waals surface area contributed by atoms with Crippen LogP contribution in [0.5, 0.6) is 0 Å². The quantitative estimate of drug-likeness (QED) is 0.224. The number of hydrogen-bond donors (Lipinski definition) is 1. The Morgan fingerprint density at radius 1 is 0.971 bits per heavy atom. The van der Waals surface area contributed by atoms with Crippen molar-refractivity contribution in [3.8, 4) is 21.1 Å². The number of hydrogen-bond acceptors (Lipinski definition) is 6. The van der Waals surface area contributed by atoms with Gasteiger partial charge >= 0.3 is 23.1 Å². The Kier molecular flexibility index (Phi) is 16.2. The maximum Gasteiger partial charge on any atom is 2.00 e. The van der Waals surface area contributed by atoms with E-state index in [1.54, 1.807) is 31.3 Å². The first-order valence-electron chi connectivity index (χ1n) is 9.77. The number of thiazole rings is 2. The van der Waals surface area contributed by atoms with E-state index >= 15 is 0 Å². The third kappa shape index (κ3) is 9.59. The number of aldehydes is 1. The number of carbonyl (C=O) groups excluding carboxylic acids is 1. The number of carbonyl (C=O) groups is 1. The largest absolute Gasteiger partial charge is 2.00 e. The number of aliphatic hydroxyl groups excluding tert-OH is 1. The minimum atomic E-state index is -0.472. The Labute approximate surface area is 233 Å². The molecule has 2 aromatic carbocycles. The van der Waals surface area contributed by atoms with Gasteiger partial charge in [0.25, 0.3) is 0 Å². The average molecular weight is 578 g/mol. The second-order valence-corrected chi connectivity index (χ2v) is 8.32. The predicted molar refractivity (Wildman–Crippen MR) is 132 cm³/mol. The van der Waals surface area contributed by atoms with Gasteiger partial charge in [-0.1, -0.05) is 31.2 Å². The van der Waals surface area contributed by atoms with Gasteiger partial charge in [0.1, 0.15) is 21.6 Å². The molecule has 0 aliphatic heterocycles. The minimum absolute atomic E-state index is 0. The van der Waals surface area contributed by atoms with E-state index in [-0.39, 0.29) is 51.7 Å². The van der Waals surface area contributed by atoms with Crippen LogP contribution in [0.25, 0.3) is 21.1 Å². The fourth-order valence-electron chi connectivity index (χ4n) is 2.49. The van der Waals surface area contributed by atoms with Crippen LogP contribution in [-0.4, -0.2) is 44.4 Å². The molecule has 10 heteroatoms. The fraction of sp³-hybridized carbons (Fsp3) is 0.167. The normalized spacial score (nSPS) is 10.3. The van der Waals surface area contributed by atoms with Gasteiger partial charge in [-0.2, -0.15) is 6.92 Å². The van der Waals surface area contributed by atoms with Crippen molar-refractivity contribution >= 4 is 52.0 Å². The van der Waals surface area contributed by atoms with Crippen molar-refractivity contribution in [2.45, 2.75) is 26.4 Å². The van der Waals surface area contributed by atoms with Crippen LogP contribution in [0.4, 0.5) is 8.78 Å². The SMILES string of the molecule is CCC(O)c1cnc(-c2cccc(F)c2)s1.O=Cc1cnc(-c2cccc(F)c2)s1.[Br-].[CH2-]C.[Mg+2]. The number of halogens is 3. The molecule has 1 N–H and O–H groups in total. The molecule has 4 rings (SSSR count). The smallest absolute Gasteiger partial charge is 1.00 e. The van der Waals surface area contributed by atoms with Crippen molar-refractivity contribution in [3.63, 3.8) is 0 Å². The summed E-state index contributed by atoms with van der Waals surface area (Å²) in [6, 6.07) is 12.5. The van der Waals surface area contributed by atoms with Gasteiger partial charge in [-0.05, 0) is 30.7 Å². The first kappa shape index (κ1) is 32.4. The van der Waals surface area contributed by atoms with E-state index < -0.39 is 6.10 Å². The molecule has 2 aromatic heterocycles. The number of benzene rings is 2. The number of aliphatic hydroxyl groups is 1. The Balaban J connectivity index is 0.000000569. The Hall–Kier alpha value is -1.56. The van der Waals surface area contributed by atoms with Crippen LogP contribution in [0.1, 0.15) is 40.9 Å². The van der Waals surface area contributed by atoms with Crippen LogP contribution in [-0.2, 0) is 0 Å². The molecule has 0 amide bonds. The Morgan fingerprint density at radius 3 is 1.91 bits per heavy atom. The molecule has 0 fully saturated rings. The first-order chi connectivity index (χ1) is 15.5. The summed E-state index contributed by atoms with van der Waals surface area (Å²) in [7, 11) is 0. The maximum atomic E-state index is 13.0. The van der Waals surface area contributed by atoms with Crippen LogP contribution < -0.4 is 17.0 Å². The van der Waals surface area contributed by atoms with E-state index in [0.717, 1.165) is 21.7 Å². The Bertz CT molecular complexity index is 1140. The molecule has 0 bridgehead atoms. The summed E-state index contributed by atoms with van der Waals surface area (Å²) in [5, 5.41) is 11.0. The molecular weight excluding hydrogens is 555 g/mol. The first-order valence-corrected chi connectivity index (χ1v) is 11.4. The van der Waals surface area contributed by atoms with Gasteiger partial charge < -0.3 is 29.0 Å². The van der Waals surface area contributed by atoms with E-state index in [4.69, 9.17) is 0 Å². The maximum absolute atomic E-state index is 13.0. The monoisotopic (exact) mass is 576 g/mol. The second kappa shape index (κ2) is 17.0. The van der Waals surface area contributed by atoms with E-state index in [1.807, 2.05) is 13.0 Å². The van der Waals surface area contributed by atoms with Crippen LogP contribution >= 0.6 is 22.7 Å². The zero-order valence-corrected chi connectivity index (χ0v) is 23.4. The van der Waals surface area contributed by atoms with Crippen molar-refractivity contribution in [1.82, 2.24) is 9.97 Å². The molecular formula is C24H23BrF2MgN2O2S2. The summed E-state index contributed by atoms with van der Waals surface area (Å²) in [5.41, 5.74) is 1.45. The number of aromatic nitrogens is 2. The van der Waals surface area contributed by atoms with Crippen LogP contribution in [0, 0.1) is 18.6 Å². The van der Waals surface area contributed by atoms with E-state index in [1.165, 1.54) is 53.1 Å². The van der Waals surface area contributed by atoms with Crippen molar-refractivity contribution in [3.05, 3.63) is 89.2 Å². The molecule has 1 atom stereocenters. The van der Waals surface area contributed by atoms with Crippen molar-refractivity contribution < 1.29 is 35.7 Å². The topological polar surface area (TPSA) is 63.1 Å². The van der Waals surface area contributed by atoms with Gasteiger partial charge in [-0.15, -0.1) is 22.7 Å². The van der Waals surface area contributed by atoms with E-state index in [9.17, 15) is 18.7 Å². The standard InChI is InChI=1S/C12H12FNOS.C10H6FNOS.C2H5.BrH.Mg/c1-2-10(15)11-7-14-12(16-11)8-4-3-5-9(13)6-8;11-8-3-1-2-7(4-8)10-12-5-9(6-13)14-10;1-2;;/h3-7,10,15H,2H2,1H3;1-6H;1H2,2H3;1H;/q;;-1;;+2/p-1. The van der Waals surface area contributed by atoms with Gasteiger partial charge in [-0.25, -0.2) is 18.7 Å². The summed E-state index contributed by atoms with van der Waals surface area (Å²) >= 11 is 2.65. The summed E-state index contributed by atoms with van der Waals surface area (Å²) in [6.07, 6.45) is 4.06. The van der Waals surface area contributed by atoms with Crippen molar-refractivity contribution in [2.75, 3.05) is 0 Å². The van der Waals surface area contributed by atoms with E-state index in [2.05, 4.69) is 16.9 Å². The molecule has 2 heterocycles. The van der Waals surface area contributed by atoms with Crippen LogP contribution in [0.15, 0.2) is 60.9 Å². The summed E-state index contributed by atoms with van der Waals surface area (Å²) in [5.74, 6) is -0.573. The van der Waals surface area contributed by atoms with Gasteiger partial charge in [0.05, 0.1) is 15.9 Å². The molecule has 0 aliphatic carbocycles. The van der Waals surface area contributed by atoms with Crippen molar-refractivity contribution in [1.29, 1.82) is 0 Å². The molecule has 0 spiro atoms. The third-order valence-electron chi connectivity index (χ3n) is 4.02. The van der Waals surface area contributed by atoms with Crippen LogP contribution in [0.3, 0.4) is 0 Å². The molecule has 4 aromatic rings. The van der Waals surface area contributed by atoms with Crippen LogP contribution in [0.2, 0.25) is 0 Å². The third-order valence-corrected chi connectivity index (χ3v) is 6.14. The Morgan fingerprint density at radius 2 is 1.47 bits per heavy atom. The molecule has 0 aliphatic rings. The molecule has 0 saturated heterocycles. The second-order valence-electron chi connectivity index (χ2n) is 6.20. The molecule has 0 saturated carbocycles. The summed E-state index contributed by atoms with van der Waals surface area (Å²) in [4.78, 5) is 20.0. The molecule has 176 valence electrons. The molecule has 4 nitrogen and oxygen atoms in total. The minimum Gasteiger partial charge on any atom is -1.00 e. The summed E-state index contributed by atoms with van der Waals surface area (Å²) in [6.45, 7) is 6.91. The zero-order valence-electron chi connectivity index (χ0n) is 18.7. The fourth-order valence-corrected chi connectivity index (χ4v) is 4.20. The average Bonchev–Trinajstić information content (AvgIpc) is 3.50.